The summed E-state index contributed by atoms with van der Waals surface area (Å²) in [7, 11) is -5.33. The van der Waals surface area contributed by atoms with Crippen molar-refractivity contribution in [2.75, 3.05) is 59.8 Å². The molecule has 0 amide bonds. The van der Waals surface area contributed by atoms with E-state index in [9.17, 15) is 25.9 Å². The summed E-state index contributed by atoms with van der Waals surface area (Å²) >= 11 is 0. The second-order valence-electron chi connectivity index (χ2n) is 6.92. The molecule has 1 heterocycles. The fraction of sp³-hybridized carbons (Fsp3) is 0.647. The topological polar surface area (TPSA) is 189 Å². The van der Waals surface area contributed by atoms with Crippen molar-refractivity contribution in [3.05, 3.63) is 17.7 Å². The van der Waals surface area contributed by atoms with Crippen LogP contribution in [-0.2, 0) is 31.2 Å². The zero-order valence-electron chi connectivity index (χ0n) is 20.0. The van der Waals surface area contributed by atoms with Crippen LogP contribution in [0.4, 0.5) is 0 Å². The van der Waals surface area contributed by atoms with Gasteiger partial charge in [-0.1, -0.05) is 6.07 Å². The van der Waals surface area contributed by atoms with Crippen LogP contribution in [-0.4, -0.2) is 107 Å². The average Bonchev–Trinajstić information content (AvgIpc) is 2.66. The van der Waals surface area contributed by atoms with Gasteiger partial charge >= 0.3 is 59.1 Å². The fourth-order valence-electron chi connectivity index (χ4n) is 3.45. The molecule has 1 fully saturated rings. The van der Waals surface area contributed by atoms with Gasteiger partial charge in [0.2, 0.25) is 16.1 Å². The van der Waals surface area contributed by atoms with Crippen LogP contribution in [0.15, 0.2) is 12.1 Å². The summed E-state index contributed by atoms with van der Waals surface area (Å²) in [4.78, 5) is 3.86. The van der Waals surface area contributed by atoms with E-state index in [0.717, 1.165) is 5.56 Å². The fourth-order valence-corrected chi connectivity index (χ4v) is 4.63. The molecule has 0 spiro atoms. The van der Waals surface area contributed by atoms with E-state index in [1.807, 2.05) is 6.07 Å². The molecule has 1 aromatic carbocycles. The zero-order valence-corrected chi connectivity index (χ0v) is 25.6. The predicted octanol–water partition coefficient (Wildman–Crippen LogP) is -7.60. The van der Waals surface area contributed by atoms with Crippen LogP contribution in [0.3, 0.4) is 0 Å². The quantitative estimate of drug-likeness (QED) is 0.145. The molecule has 1 aliphatic heterocycles. The van der Waals surface area contributed by atoms with E-state index in [0.29, 0.717) is 50.0 Å². The summed E-state index contributed by atoms with van der Waals surface area (Å²) in [5.41, 5.74) is 0.879. The second kappa shape index (κ2) is 16.2. The smallest absolute Gasteiger partial charge is 0.748 e. The minimum Gasteiger partial charge on any atom is -0.748 e. The Morgan fingerprint density at radius 3 is 1.85 bits per heavy atom. The minimum atomic E-state index is -5.14. The van der Waals surface area contributed by atoms with Crippen molar-refractivity contribution in [3.63, 3.8) is 0 Å². The Bertz CT molecular complexity index is 922. The van der Waals surface area contributed by atoms with Gasteiger partial charge < -0.3 is 28.8 Å². The molecular weight excluding hydrogens is 518 g/mol. The van der Waals surface area contributed by atoms with Crippen molar-refractivity contribution in [2.24, 2.45) is 0 Å². The third-order valence-corrected chi connectivity index (χ3v) is 6.04. The van der Waals surface area contributed by atoms with Crippen LogP contribution in [0.25, 0.3) is 0 Å². The van der Waals surface area contributed by atoms with Gasteiger partial charge in [0.05, 0.1) is 37.2 Å². The van der Waals surface area contributed by atoms with E-state index in [2.05, 4.69) is 9.08 Å². The Morgan fingerprint density at radius 2 is 1.41 bits per heavy atom. The molecule has 0 radical (unpaired) electrons. The molecule has 0 aliphatic carbocycles. The predicted molar refractivity (Wildman–Crippen MR) is 111 cm³/mol. The molecular formula is C17H28N2Na2O11S2. The van der Waals surface area contributed by atoms with E-state index in [1.54, 1.807) is 11.0 Å². The first kappa shape index (κ1) is 36.4. The van der Waals surface area contributed by atoms with E-state index in [4.69, 9.17) is 14.2 Å². The van der Waals surface area contributed by atoms with Crippen LogP contribution < -0.4 is 73.3 Å². The van der Waals surface area contributed by atoms with E-state index < -0.39 is 32.4 Å². The Morgan fingerprint density at radius 1 is 0.882 bits per heavy atom. The molecule has 1 saturated heterocycles. The number of methoxy groups -OCH3 is 3. The first-order chi connectivity index (χ1) is 14.5. The molecule has 2 N–H and O–H groups in total. The Labute approximate surface area is 244 Å². The normalized spacial score (nSPS) is 15.8. The molecule has 1 unspecified atom stereocenters. The molecule has 34 heavy (non-hydrogen) atoms. The molecule has 0 aromatic heterocycles. The number of ether oxygens (including phenoxy) is 3. The number of nitrogens with zero attached hydrogens (tertiary/aromatic N) is 2. The molecule has 186 valence electrons. The van der Waals surface area contributed by atoms with Gasteiger partial charge in [-0.3, -0.25) is 14.0 Å². The molecule has 1 atom stereocenters. The summed E-state index contributed by atoms with van der Waals surface area (Å²) in [6.45, 7) is 2.41. The van der Waals surface area contributed by atoms with Gasteiger partial charge in [-0.05, 0) is 6.07 Å². The Hall–Kier alpha value is 0.280. The van der Waals surface area contributed by atoms with Gasteiger partial charge in [-0.25, -0.2) is 16.8 Å². The van der Waals surface area contributed by atoms with Gasteiger partial charge in [-0.2, -0.15) is 0 Å². The molecule has 17 heteroatoms. The van der Waals surface area contributed by atoms with Crippen molar-refractivity contribution >= 4 is 20.5 Å². The van der Waals surface area contributed by atoms with Crippen LogP contribution in [0, 0.1) is 0 Å². The van der Waals surface area contributed by atoms with E-state index >= 15 is 0 Å². The summed E-state index contributed by atoms with van der Waals surface area (Å²) in [6, 6.07) is 3.65. The second-order valence-corrected chi connectivity index (χ2v) is 9.38. The third kappa shape index (κ3) is 12.0. The van der Waals surface area contributed by atoms with Gasteiger partial charge in [-0.15, -0.1) is 0 Å². The molecule has 1 aliphatic rings. The number of benzene rings is 1. The Balaban J connectivity index is 0. The van der Waals surface area contributed by atoms with Gasteiger partial charge in [0, 0.05) is 44.8 Å². The monoisotopic (exact) mass is 546 g/mol. The van der Waals surface area contributed by atoms with Crippen molar-refractivity contribution < 1.29 is 109 Å². The largest absolute Gasteiger partial charge is 1.00 e. The van der Waals surface area contributed by atoms with Crippen molar-refractivity contribution in [3.8, 4) is 17.2 Å². The van der Waals surface area contributed by atoms with E-state index in [1.165, 1.54) is 21.3 Å². The summed E-state index contributed by atoms with van der Waals surface area (Å²) in [6.07, 6.45) is -1.55. The molecule has 0 bridgehead atoms. The standard InChI is InChI=1S/C17H28N2O10S2.2Na.H2O/c1-26-15-5-4-13(16(27-2)17(15)28-3)10-18-6-8-19(9-7-18)11-14(12-30(20,21)22)29-31(23,24)25;;;/h4-5,14H,6-12H2,1-3H3,(H,20,21,22)(H,23,24,25);;;1H2/q;2*+1;/p-2. The van der Waals surface area contributed by atoms with Crippen LogP contribution in [0.2, 0.25) is 0 Å². The molecule has 1 aromatic rings. The van der Waals surface area contributed by atoms with Crippen molar-refractivity contribution in [2.45, 2.75) is 12.6 Å². The average molecular weight is 547 g/mol. The number of rotatable bonds is 11. The number of hydrogen-bond acceptors (Lipinski definition) is 12. The van der Waals surface area contributed by atoms with E-state index in [-0.39, 0.29) is 71.1 Å². The molecule has 13 nitrogen and oxygen atoms in total. The maximum absolute atomic E-state index is 11.0. The maximum Gasteiger partial charge on any atom is 1.00 e. The number of piperazine rings is 1. The zero-order chi connectivity index (χ0) is 23.2. The van der Waals surface area contributed by atoms with Crippen molar-refractivity contribution in [1.29, 1.82) is 0 Å². The molecule has 0 saturated carbocycles. The van der Waals surface area contributed by atoms with Crippen molar-refractivity contribution in [1.82, 2.24) is 9.80 Å². The first-order valence-corrected chi connectivity index (χ1v) is 12.2. The van der Waals surface area contributed by atoms with Crippen LogP contribution >= 0.6 is 0 Å². The third-order valence-electron chi connectivity index (χ3n) is 4.75. The Kier molecular flexibility index (Phi) is 17.4. The van der Waals surface area contributed by atoms with Crippen LogP contribution in [0.1, 0.15) is 5.56 Å². The summed E-state index contributed by atoms with van der Waals surface area (Å²) in [5, 5.41) is 0. The summed E-state index contributed by atoms with van der Waals surface area (Å²) in [5.74, 6) is 0.482. The van der Waals surface area contributed by atoms with Gasteiger partial charge in [0.1, 0.15) is 6.10 Å². The van der Waals surface area contributed by atoms with Gasteiger partial charge in [0.15, 0.2) is 11.5 Å². The number of hydrogen-bond donors (Lipinski definition) is 0. The maximum atomic E-state index is 11.0. The van der Waals surface area contributed by atoms with Crippen LogP contribution in [0.5, 0.6) is 17.2 Å². The SMILES string of the molecule is COc1ccc(CN2CCN(CC(CS(=O)(=O)[O-])OS(=O)(=O)[O-])CC2)c(OC)c1OC.O.[Na+].[Na+]. The summed E-state index contributed by atoms with van der Waals surface area (Å²) < 4.78 is 85.9. The minimum absolute atomic E-state index is 0. The first-order valence-electron chi connectivity index (χ1n) is 9.26. The molecule has 2 rings (SSSR count). The van der Waals surface area contributed by atoms with Gasteiger partial charge in [0.25, 0.3) is 0 Å².